The van der Waals surface area contributed by atoms with Crippen molar-refractivity contribution in [1.29, 1.82) is 0 Å². The fourth-order valence-electron chi connectivity index (χ4n) is 3.43. The number of anilines is 1. The van der Waals surface area contributed by atoms with E-state index in [1.807, 2.05) is 6.07 Å². The third kappa shape index (κ3) is 6.47. The molecule has 0 bridgehead atoms. The topological polar surface area (TPSA) is 103 Å². The summed E-state index contributed by atoms with van der Waals surface area (Å²) in [6.07, 6.45) is 4.69. The van der Waals surface area contributed by atoms with Crippen molar-refractivity contribution in [3.63, 3.8) is 0 Å². The summed E-state index contributed by atoms with van der Waals surface area (Å²) in [5.74, 6) is 1.79. The number of carbonyl (C=O) groups excluding carboxylic acids is 1. The van der Waals surface area contributed by atoms with Gasteiger partial charge in [0.05, 0.1) is 13.7 Å². The zero-order valence-electron chi connectivity index (χ0n) is 17.1. The van der Waals surface area contributed by atoms with E-state index in [1.54, 1.807) is 19.2 Å². The fourth-order valence-corrected chi connectivity index (χ4v) is 3.59. The van der Waals surface area contributed by atoms with Crippen LogP contribution in [0.2, 0.25) is 5.02 Å². The van der Waals surface area contributed by atoms with Gasteiger partial charge in [-0.05, 0) is 63.0 Å². The number of primary amides is 1. The second-order valence-electron chi connectivity index (χ2n) is 7.30. The van der Waals surface area contributed by atoms with Gasteiger partial charge in [0.25, 0.3) is 5.91 Å². The van der Waals surface area contributed by atoms with Gasteiger partial charge in [-0.1, -0.05) is 11.6 Å². The van der Waals surface area contributed by atoms with E-state index in [1.165, 1.54) is 12.3 Å². The number of aromatic nitrogens is 2. The second-order valence-corrected chi connectivity index (χ2v) is 7.74. The zero-order chi connectivity index (χ0) is 21.3. The zero-order valence-corrected chi connectivity index (χ0v) is 17.9. The molecule has 0 saturated carbocycles. The predicted octanol–water partition coefficient (Wildman–Crippen LogP) is 2.83. The van der Waals surface area contributed by atoms with E-state index < -0.39 is 5.91 Å². The monoisotopic (exact) mass is 433 g/mol. The van der Waals surface area contributed by atoms with Gasteiger partial charge >= 0.3 is 0 Å². The van der Waals surface area contributed by atoms with Crippen molar-refractivity contribution in [3.8, 4) is 11.5 Å². The summed E-state index contributed by atoms with van der Waals surface area (Å²) in [5, 5.41) is 3.78. The molecule has 30 heavy (non-hydrogen) atoms. The van der Waals surface area contributed by atoms with Crippen LogP contribution in [0.5, 0.6) is 11.5 Å². The van der Waals surface area contributed by atoms with Gasteiger partial charge in [-0.3, -0.25) is 4.79 Å². The molecule has 162 valence electrons. The Bertz CT molecular complexity index is 843. The van der Waals surface area contributed by atoms with Crippen molar-refractivity contribution >= 4 is 23.5 Å². The number of nitrogens with two attached hydrogens (primary N) is 1. The predicted molar refractivity (Wildman–Crippen MR) is 116 cm³/mol. The summed E-state index contributed by atoms with van der Waals surface area (Å²) in [6.45, 7) is 4.50. The molecule has 8 nitrogen and oxygen atoms in total. The summed E-state index contributed by atoms with van der Waals surface area (Å²) in [4.78, 5) is 21.8. The maximum Gasteiger partial charge on any atom is 0.267 e. The number of ether oxygens (including phenoxy) is 2. The van der Waals surface area contributed by atoms with Crippen LogP contribution < -0.4 is 20.5 Å². The minimum absolute atomic E-state index is 0.215. The van der Waals surface area contributed by atoms with Crippen molar-refractivity contribution < 1.29 is 14.3 Å². The van der Waals surface area contributed by atoms with Gasteiger partial charge < -0.3 is 25.4 Å². The Kier molecular flexibility index (Phi) is 8.10. The first-order chi connectivity index (χ1) is 14.5. The first-order valence-electron chi connectivity index (χ1n) is 10.1. The van der Waals surface area contributed by atoms with Crippen molar-refractivity contribution in [2.75, 3.05) is 45.2 Å². The third-order valence-electron chi connectivity index (χ3n) is 5.15. The number of likely N-dealkylation sites (tertiary alicyclic amines) is 1. The lowest BCUT2D eigenvalue weighted by atomic mass is 9.97. The molecule has 0 radical (unpaired) electrons. The van der Waals surface area contributed by atoms with Gasteiger partial charge in [0.15, 0.2) is 11.5 Å². The van der Waals surface area contributed by atoms with Gasteiger partial charge in [0, 0.05) is 23.8 Å². The molecule has 1 aromatic carbocycles. The van der Waals surface area contributed by atoms with Crippen molar-refractivity contribution in [2.45, 2.75) is 19.3 Å². The molecule has 0 atom stereocenters. The van der Waals surface area contributed by atoms with E-state index >= 15 is 0 Å². The van der Waals surface area contributed by atoms with Crippen molar-refractivity contribution in [3.05, 3.63) is 41.2 Å². The molecule has 1 amide bonds. The Hall–Kier alpha value is -2.58. The molecule has 1 aromatic heterocycles. The Morgan fingerprint density at radius 1 is 1.30 bits per heavy atom. The molecule has 3 N–H and O–H groups in total. The lowest BCUT2D eigenvalue weighted by Gasteiger charge is -2.31. The van der Waals surface area contributed by atoms with Gasteiger partial charge in [-0.25, -0.2) is 9.97 Å². The molecule has 3 rings (SSSR count). The highest BCUT2D eigenvalue weighted by molar-refractivity contribution is 6.30. The first-order valence-corrected chi connectivity index (χ1v) is 10.5. The van der Waals surface area contributed by atoms with Crippen molar-refractivity contribution in [1.82, 2.24) is 14.9 Å². The normalized spacial score (nSPS) is 15.0. The number of hydrogen-bond donors (Lipinski definition) is 2. The minimum Gasteiger partial charge on any atom is -0.493 e. The third-order valence-corrected chi connectivity index (χ3v) is 5.38. The first kappa shape index (κ1) is 22.1. The standard InChI is InChI=1S/C21H28ClN5O3/c1-29-18-4-3-16(22)13-19(18)30-14-15-6-11-27(12-7-15)10-2-8-24-21-25-9-5-17(26-21)20(23)28/h3-5,9,13,15H,2,6-8,10-12,14H2,1H3,(H2,23,28)(H,24,25,26). The number of piperidine rings is 1. The maximum absolute atomic E-state index is 11.2. The van der Waals surface area contributed by atoms with E-state index in [-0.39, 0.29) is 5.69 Å². The number of nitrogens with zero attached hydrogens (tertiary/aromatic N) is 3. The number of benzene rings is 1. The molecule has 9 heteroatoms. The van der Waals surface area contributed by atoms with E-state index in [0.717, 1.165) is 45.4 Å². The summed E-state index contributed by atoms with van der Waals surface area (Å²) >= 11 is 6.06. The SMILES string of the molecule is COc1ccc(Cl)cc1OCC1CCN(CCCNc2nccc(C(N)=O)n2)CC1. The Labute approximate surface area is 181 Å². The van der Waals surface area contributed by atoms with Gasteiger partial charge in [-0.2, -0.15) is 0 Å². The minimum atomic E-state index is -0.555. The molecular formula is C21H28ClN5O3. The van der Waals surface area contributed by atoms with Crippen LogP contribution in [-0.2, 0) is 0 Å². The number of nitrogens with one attached hydrogen (secondary N) is 1. The van der Waals surface area contributed by atoms with E-state index in [0.29, 0.717) is 35.0 Å². The quantitative estimate of drug-likeness (QED) is 0.555. The largest absolute Gasteiger partial charge is 0.493 e. The van der Waals surface area contributed by atoms with Crippen molar-refractivity contribution in [2.24, 2.45) is 11.7 Å². The number of hydrogen-bond acceptors (Lipinski definition) is 7. The van der Waals surface area contributed by atoms with Crippen LogP contribution in [0.15, 0.2) is 30.5 Å². The molecule has 0 unspecified atom stereocenters. The van der Waals surface area contributed by atoms with Gasteiger partial charge in [-0.15, -0.1) is 0 Å². The van der Waals surface area contributed by atoms with Crippen LogP contribution in [0.4, 0.5) is 5.95 Å². The highest BCUT2D eigenvalue weighted by atomic mass is 35.5. The van der Waals surface area contributed by atoms with E-state index in [4.69, 9.17) is 26.8 Å². The number of halogens is 1. The maximum atomic E-state index is 11.2. The van der Waals surface area contributed by atoms with Crippen LogP contribution in [-0.4, -0.2) is 60.7 Å². The molecular weight excluding hydrogens is 406 g/mol. The van der Waals surface area contributed by atoms with Crippen LogP contribution >= 0.6 is 11.6 Å². The van der Waals surface area contributed by atoms with Crippen LogP contribution in [0.1, 0.15) is 29.8 Å². The molecule has 0 spiro atoms. The fraction of sp³-hybridized carbons (Fsp3) is 0.476. The Morgan fingerprint density at radius 2 is 2.10 bits per heavy atom. The van der Waals surface area contributed by atoms with Gasteiger partial charge in [0.2, 0.25) is 5.95 Å². The Balaban J connectivity index is 1.34. The number of carbonyl (C=O) groups is 1. The highest BCUT2D eigenvalue weighted by Gasteiger charge is 2.20. The Morgan fingerprint density at radius 3 is 2.83 bits per heavy atom. The molecule has 1 aliphatic heterocycles. The molecule has 1 saturated heterocycles. The average Bonchev–Trinajstić information content (AvgIpc) is 2.76. The second kappa shape index (κ2) is 11.0. The van der Waals surface area contributed by atoms with Crippen LogP contribution in [0.25, 0.3) is 0 Å². The lowest BCUT2D eigenvalue weighted by molar-refractivity contribution is 0.0995. The summed E-state index contributed by atoms with van der Waals surface area (Å²) in [7, 11) is 1.63. The molecule has 1 fully saturated rings. The highest BCUT2D eigenvalue weighted by Crippen LogP contribution is 2.31. The molecule has 2 aromatic rings. The summed E-state index contributed by atoms with van der Waals surface area (Å²) < 4.78 is 11.3. The summed E-state index contributed by atoms with van der Waals surface area (Å²) in [6, 6.07) is 6.92. The van der Waals surface area contributed by atoms with E-state index in [2.05, 4.69) is 20.2 Å². The number of methoxy groups -OCH3 is 1. The van der Waals surface area contributed by atoms with Crippen LogP contribution in [0, 0.1) is 5.92 Å². The van der Waals surface area contributed by atoms with Gasteiger partial charge in [0.1, 0.15) is 5.69 Å². The lowest BCUT2D eigenvalue weighted by Crippen LogP contribution is -2.36. The van der Waals surface area contributed by atoms with Crippen LogP contribution in [0.3, 0.4) is 0 Å². The number of amides is 1. The number of rotatable bonds is 10. The molecule has 0 aliphatic carbocycles. The smallest absolute Gasteiger partial charge is 0.267 e. The molecule has 2 heterocycles. The summed E-state index contributed by atoms with van der Waals surface area (Å²) in [5.41, 5.74) is 5.45. The average molecular weight is 434 g/mol. The molecule has 1 aliphatic rings. The van der Waals surface area contributed by atoms with E-state index in [9.17, 15) is 4.79 Å².